The van der Waals surface area contributed by atoms with E-state index in [-0.39, 0.29) is 0 Å². The predicted molar refractivity (Wildman–Crippen MR) is 56.5 cm³/mol. The van der Waals surface area contributed by atoms with Crippen molar-refractivity contribution in [1.82, 2.24) is 5.06 Å². The topological polar surface area (TPSA) is 79.4 Å². The van der Waals surface area contributed by atoms with E-state index < -0.39 is 11.9 Å². The largest absolute Gasteiger partial charge is 0.369 e. The Bertz CT molecular complexity index is 363. The lowest BCUT2D eigenvalue weighted by molar-refractivity contribution is -0.142. The average molecular weight is 228 g/mol. The van der Waals surface area contributed by atoms with E-state index in [0.29, 0.717) is 15.8 Å². The van der Waals surface area contributed by atoms with Crippen molar-refractivity contribution >= 4 is 23.5 Å². The summed E-state index contributed by atoms with van der Waals surface area (Å²) in [5.74, 6) is -0.570. The molecule has 0 aliphatic rings. The lowest BCUT2D eigenvalue weighted by Crippen LogP contribution is -2.42. The molecular formula is C9H10ClN3O2. The molecule has 0 heterocycles. The molecule has 1 rings (SSSR count). The summed E-state index contributed by atoms with van der Waals surface area (Å²) < 4.78 is 0. The lowest BCUT2D eigenvalue weighted by Gasteiger charge is -2.18. The van der Waals surface area contributed by atoms with Gasteiger partial charge in [0.1, 0.15) is 0 Å². The Morgan fingerprint density at radius 1 is 1.47 bits per heavy atom. The van der Waals surface area contributed by atoms with Gasteiger partial charge in [-0.3, -0.25) is 10.2 Å². The van der Waals surface area contributed by atoms with Gasteiger partial charge in [-0.1, -0.05) is 11.6 Å². The zero-order valence-corrected chi connectivity index (χ0v) is 8.78. The van der Waals surface area contributed by atoms with Gasteiger partial charge in [0.15, 0.2) is 5.75 Å². The molecule has 0 aromatic heterocycles. The van der Waals surface area contributed by atoms with E-state index in [1.54, 1.807) is 24.3 Å². The number of benzene rings is 1. The van der Waals surface area contributed by atoms with Crippen LogP contribution in [0.5, 0.6) is 5.75 Å². The first-order chi connectivity index (χ1) is 7.00. The van der Waals surface area contributed by atoms with Gasteiger partial charge in [0.05, 0.1) is 0 Å². The quantitative estimate of drug-likeness (QED) is 0.455. The number of nitrogens with zero attached hydrogens (tertiary/aromatic N) is 1. The van der Waals surface area contributed by atoms with E-state index in [1.165, 1.54) is 6.92 Å². The summed E-state index contributed by atoms with van der Waals surface area (Å²) in [5, 5.41) is 8.34. The maximum atomic E-state index is 11.0. The molecule has 0 radical (unpaired) electrons. The third-order valence-electron chi connectivity index (χ3n) is 1.52. The summed E-state index contributed by atoms with van der Waals surface area (Å²) in [6, 6.07) is 6.35. The van der Waals surface area contributed by atoms with Crippen LogP contribution < -0.4 is 10.6 Å². The minimum Gasteiger partial charge on any atom is -0.369 e. The minimum atomic E-state index is -0.475. The number of rotatable bonds is 2. The molecule has 6 heteroatoms. The van der Waals surface area contributed by atoms with Crippen molar-refractivity contribution in [1.29, 1.82) is 5.41 Å². The SMILES string of the molecule is CC(=O)N(Oc1ccc(Cl)cc1)C(=N)N. The normalized spacial score (nSPS) is 9.47. The van der Waals surface area contributed by atoms with Gasteiger partial charge in [0.2, 0.25) is 5.96 Å². The molecule has 80 valence electrons. The van der Waals surface area contributed by atoms with Gasteiger partial charge in [0.25, 0.3) is 5.91 Å². The number of carbonyl (C=O) groups excluding carboxylic acids is 1. The van der Waals surface area contributed by atoms with E-state index in [2.05, 4.69) is 0 Å². The monoisotopic (exact) mass is 227 g/mol. The Morgan fingerprint density at radius 2 is 2.00 bits per heavy atom. The van der Waals surface area contributed by atoms with E-state index in [1.807, 2.05) is 0 Å². The van der Waals surface area contributed by atoms with Gasteiger partial charge in [-0.25, -0.2) is 0 Å². The molecule has 1 aromatic carbocycles. The fraction of sp³-hybridized carbons (Fsp3) is 0.111. The molecule has 0 aliphatic heterocycles. The Morgan fingerprint density at radius 3 is 2.40 bits per heavy atom. The molecule has 0 bridgehead atoms. The second kappa shape index (κ2) is 4.65. The van der Waals surface area contributed by atoms with Gasteiger partial charge < -0.3 is 10.6 Å². The third kappa shape index (κ3) is 3.14. The number of hydrogen-bond donors (Lipinski definition) is 2. The van der Waals surface area contributed by atoms with Crippen molar-refractivity contribution in [2.75, 3.05) is 0 Å². The van der Waals surface area contributed by atoms with Crippen LogP contribution in [0.1, 0.15) is 6.92 Å². The second-order valence-corrected chi connectivity index (χ2v) is 3.18. The number of halogens is 1. The number of nitrogens with one attached hydrogen (secondary N) is 1. The van der Waals surface area contributed by atoms with Crippen molar-refractivity contribution in [2.24, 2.45) is 5.73 Å². The highest BCUT2D eigenvalue weighted by Crippen LogP contribution is 2.16. The van der Waals surface area contributed by atoms with Crippen molar-refractivity contribution < 1.29 is 9.63 Å². The van der Waals surface area contributed by atoms with Crippen LogP contribution in [0.15, 0.2) is 24.3 Å². The van der Waals surface area contributed by atoms with Crippen LogP contribution in [-0.4, -0.2) is 16.9 Å². The molecular weight excluding hydrogens is 218 g/mol. The van der Waals surface area contributed by atoms with Gasteiger partial charge in [-0.2, -0.15) is 0 Å². The summed E-state index contributed by atoms with van der Waals surface area (Å²) in [7, 11) is 0. The highest BCUT2D eigenvalue weighted by molar-refractivity contribution is 6.30. The first-order valence-corrected chi connectivity index (χ1v) is 4.47. The van der Waals surface area contributed by atoms with Gasteiger partial charge in [0, 0.05) is 11.9 Å². The number of hydroxylamine groups is 2. The van der Waals surface area contributed by atoms with Gasteiger partial charge >= 0.3 is 0 Å². The average Bonchev–Trinajstić information content (AvgIpc) is 2.15. The minimum absolute atomic E-state index is 0.379. The summed E-state index contributed by atoms with van der Waals surface area (Å²) >= 11 is 5.67. The highest BCUT2D eigenvalue weighted by atomic mass is 35.5. The molecule has 5 nitrogen and oxygen atoms in total. The molecule has 1 amide bonds. The van der Waals surface area contributed by atoms with Gasteiger partial charge in [-0.05, 0) is 24.3 Å². The Hall–Kier alpha value is -1.75. The molecule has 0 fully saturated rings. The zero-order valence-electron chi connectivity index (χ0n) is 8.03. The predicted octanol–water partition coefficient (Wildman–Crippen LogP) is 1.38. The second-order valence-electron chi connectivity index (χ2n) is 2.74. The molecule has 0 atom stereocenters. The molecule has 0 saturated heterocycles. The van der Waals surface area contributed by atoms with E-state index in [4.69, 9.17) is 27.6 Å². The summed E-state index contributed by atoms with van der Waals surface area (Å²) in [4.78, 5) is 16.1. The summed E-state index contributed by atoms with van der Waals surface area (Å²) in [5.41, 5.74) is 5.15. The summed E-state index contributed by atoms with van der Waals surface area (Å²) in [6.45, 7) is 1.25. The first kappa shape index (κ1) is 11.3. The van der Waals surface area contributed by atoms with Crippen LogP contribution in [0.3, 0.4) is 0 Å². The lowest BCUT2D eigenvalue weighted by atomic mass is 10.3. The van der Waals surface area contributed by atoms with E-state index >= 15 is 0 Å². The molecule has 0 unspecified atom stereocenters. The molecule has 15 heavy (non-hydrogen) atoms. The molecule has 0 saturated carbocycles. The van der Waals surface area contributed by atoms with Crippen LogP contribution >= 0.6 is 11.6 Å². The van der Waals surface area contributed by atoms with Crippen molar-refractivity contribution in [3.63, 3.8) is 0 Å². The zero-order chi connectivity index (χ0) is 11.4. The van der Waals surface area contributed by atoms with Crippen LogP contribution in [-0.2, 0) is 4.79 Å². The van der Waals surface area contributed by atoms with Crippen LogP contribution in [0.25, 0.3) is 0 Å². The first-order valence-electron chi connectivity index (χ1n) is 4.09. The van der Waals surface area contributed by atoms with E-state index in [9.17, 15) is 4.79 Å². The smallest absolute Gasteiger partial charge is 0.260 e. The fourth-order valence-electron chi connectivity index (χ4n) is 0.884. The molecule has 3 N–H and O–H groups in total. The standard InChI is InChI=1S/C9H10ClN3O2/c1-6(14)13(9(11)12)15-8-4-2-7(10)3-5-8/h2-5H,1H3,(H3,11,12). The summed E-state index contributed by atoms with van der Waals surface area (Å²) in [6.07, 6.45) is 0. The fourth-order valence-corrected chi connectivity index (χ4v) is 1.01. The number of guanidine groups is 1. The van der Waals surface area contributed by atoms with Crippen molar-refractivity contribution in [2.45, 2.75) is 6.92 Å². The van der Waals surface area contributed by atoms with Crippen LogP contribution in [0.4, 0.5) is 0 Å². The number of hydrogen-bond acceptors (Lipinski definition) is 3. The maximum Gasteiger partial charge on any atom is 0.260 e. The molecule has 0 spiro atoms. The number of carbonyl (C=O) groups is 1. The highest BCUT2D eigenvalue weighted by Gasteiger charge is 2.13. The molecule has 1 aromatic rings. The Kier molecular flexibility index (Phi) is 3.51. The molecule has 0 aliphatic carbocycles. The van der Waals surface area contributed by atoms with E-state index in [0.717, 1.165) is 0 Å². The third-order valence-corrected chi connectivity index (χ3v) is 1.77. The number of nitrogens with two attached hydrogens (primary N) is 1. The maximum absolute atomic E-state index is 11.0. The number of amides is 1. The Balaban J connectivity index is 2.79. The Labute approximate surface area is 91.8 Å². The van der Waals surface area contributed by atoms with Crippen molar-refractivity contribution in [3.8, 4) is 5.75 Å². The van der Waals surface area contributed by atoms with Crippen LogP contribution in [0, 0.1) is 5.41 Å². The van der Waals surface area contributed by atoms with Crippen molar-refractivity contribution in [3.05, 3.63) is 29.3 Å². The van der Waals surface area contributed by atoms with Crippen LogP contribution in [0.2, 0.25) is 5.02 Å². The van der Waals surface area contributed by atoms with Gasteiger partial charge in [-0.15, -0.1) is 5.06 Å².